The number of nitrogens with zero attached hydrogens (tertiary/aromatic N) is 1. The van der Waals surface area contributed by atoms with Crippen LogP contribution >= 0.6 is 0 Å². The van der Waals surface area contributed by atoms with Crippen LogP contribution in [0.25, 0.3) is 0 Å². The molecule has 0 saturated carbocycles. The van der Waals surface area contributed by atoms with Gasteiger partial charge in [0, 0.05) is 31.6 Å². The zero-order chi connectivity index (χ0) is 25.0. The molecule has 0 spiro atoms. The number of rotatable bonds is 11. The molecule has 0 bridgehead atoms. The van der Waals surface area contributed by atoms with Crippen molar-refractivity contribution in [2.24, 2.45) is 5.92 Å². The highest BCUT2D eigenvalue weighted by atomic mass is 16.5. The van der Waals surface area contributed by atoms with E-state index in [-0.39, 0.29) is 24.6 Å². The van der Waals surface area contributed by atoms with Crippen LogP contribution in [0.15, 0.2) is 60.7 Å². The summed E-state index contributed by atoms with van der Waals surface area (Å²) in [4.78, 5) is 27.8. The van der Waals surface area contributed by atoms with Crippen molar-refractivity contribution < 1.29 is 14.3 Å². The van der Waals surface area contributed by atoms with E-state index < -0.39 is 6.09 Å². The number of benzene rings is 2. The Kier molecular flexibility index (Phi) is 10.6. The molecule has 1 heterocycles. The van der Waals surface area contributed by atoms with Crippen molar-refractivity contribution >= 4 is 12.0 Å². The predicted octanol–water partition coefficient (Wildman–Crippen LogP) is 5.10. The van der Waals surface area contributed by atoms with E-state index in [1.807, 2.05) is 41.3 Å². The normalized spacial score (nSPS) is 19.3. The molecule has 35 heavy (non-hydrogen) atoms. The van der Waals surface area contributed by atoms with Crippen LogP contribution in [0.2, 0.25) is 0 Å². The zero-order valence-electron chi connectivity index (χ0n) is 21.4. The van der Waals surface area contributed by atoms with Gasteiger partial charge in [0.15, 0.2) is 0 Å². The Morgan fingerprint density at radius 3 is 2.46 bits per heavy atom. The molecule has 1 saturated heterocycles. The van der Waals surface area contributed by atoms with Crippen LogP contribution in [0.4, 0.5) is 4.79 Å². The Hall–Kier alpha value is -2.86. The fraction of sp³-hybridized carbons (Fsp3) is 0.517. The van der Waals surface area contributed by atoms with Gasteiger partial charge in [0.25, 0.3) is 0 Å². The molecule has 1 aliphatic heterocycles. The summed E-state index contributed by atoms with van der Waals surface area (Å²) in [6.07, 6.45) is 3.11. The van der Waals surface area contributed by atoms with Gasteiger partial charge in [-0.1, -0.05) is 81.4 Å². The number of nitrogens with one attached hydrogen (secondary N) is 2. The standard InChI is InChI=1S/C29H41N3O3/c1-4-24(25-13-9-6-10-14-25)20-32-18-17-26(31-27(28(32)33)16-15-22(2)3)19-30-29(34)35-21-23-11-7-5-8-12-23/h5-14,22,24,26-27,31H,4,15-21H2,1-3H3,(H,30,34)/t24-,26+,27+/m1/s1. The molecular weight excluding hydrogens is 438 g/mol. The van der Waals surface area contributed by atoms with Crippen molar-refractivity contribution in [3.63, 3.8) is 0 Å². The van der Waals surface area contributed by atoms with E-state index in [4.69, 9.17) is 4.74 Å². The Morgan fingerprint density at radius 1 is 1.11 bits per heavy atom. The van der Waals surface area contributed by atoms with E-state index in [1.165, 1.54) is 5.56 Å². The lowest BCUT2D eigenvalue weighted by Gasteiger charge is -2.29. The van der Waals surface area contributed by atoms with Crippen LogP contribution < -0.4 is 10.6 Å². The van der Waals surface area contributed by atoms with Gasteiger partial charge >= 0.3 is 6.09 Å². The van der Waals surface area contributed by atoms with E-state index in [0.29, 0.717) is 24.9 Å². The van der Waals surface area contributed by atoms with E-state index >= 15 is 0 Å². The average molecular weight is 480 g/mol. The number of carbonyl (C=O) groups excluding carboxylic acids is 2. The molecule has 2 aromatic rings. The quantitative estimate of drug-likeness (QED) is 0.470. The molecule has 1 aliphatic rings. The number of alkyl carbamates (subject to hydrolysis) is 1. The van der Waals surface area contributed by atoms with Crippen LogP contribution in [0.5, 0.6) is 0 Å². The van der Waals surface area contributed by atoms with Crippen molar-refractivity contribution in [1.82, 2.24) is 15.5 Å². The number of hydrogen-bond donors (Lipinski definition) is 2. The topological polar surface area (TPSA) is 70.7 Å². The van der Waals surface area contributed by atoms with Crippen molar-refractivity contribution in [2.75, 3.05) is 19.6 Å². The fourth-order valence-corrected chi connectivity index (χ4v) is 4.57. The molecule has 6 heteroatoms. The first-order valence-electron chi connectivity index (χ1n) is 13.0. The molecule has 190 valence electrons. The largest absolute Gasteiger partial charge is 0.445 e. The predicted molar refractivity (Wildman–Crippen MR) is 140 cm³/mol. The molecule has 0 aromatic heterocycles. The summed E-state index contributed by atoms with van der Waals surface area (Å²) in [5.74, 6) is 1.02. The summed E-state index contributed by atoms with van der Waals surface area (Å²) >= 11 is 0. The molecule has 1 fully saturated rings. The van der Waals surface area contributed by atoms with Gasteiger partial charge in [0.1, 0.15) is 6.61 Å². The van der Waals surface area contributed by atoms with Gasteiger partial charge in [-0.25, -0.2) is 4.79 Å². The summed E-state index contributed by atoms with van der Waals surface area (Å²) in [6.45, 7) is 8.63. The second kappa shape index (κ2) is 13.9. The Labute approximate surface area is 210 Å². The third-order valence-corrected chi connectivity index (χ3v) is 6.74. The maximum Gasteiger partial charge on any atom is 0.407 e. The van der Waals surface area contributed by atoms with Gasteiger partial charge in [-0.3, -0.25) is 4.79 Å². The highest BCUT2D eigenvalue weighted by Gasteiger charge is 2.32. The molecule has 2 aromatic carbocycles. The van der Waals surface area contributed by atoms with Gasteiger partial charge in [0.2, 0.25) is 5.91 Å². The van der Waals surface area contributed by atoms with Crippen LogP contribution in [0, 0.1) is 5.92 Å². The summed E-state index contributed by atoms with van der Waals surface area (Å²) in [6, 6.07) is 19.9. The van der Waals surface area contributed by atoms with Gasteiger partial charge in [0.05, 0.1) is 6.04 Å². The minimum absolute atomic E-state index is 0.0159. The van der Waals surface area contributed by atoms with Crippen LogP contribution in [-0.2, 0) is 16.1 Å². The molecule has 2 amide bonds. The molecule has 2 N–H and O–H groups in total. The zero-order valence-corrected chi connectivity index (χ0v) is 21.4. The Balaban J connectivity index is 1.59. The molecule has 0 radical (unpaired) electrons. The second-order valence-corrected chi connectivity index (χ2v) is 9.92. The SMILES string of the molecule is CC[C@H](CN1CC[C@@H](CNC(=O)OCc2ccccc2)N[C@@H](CCC(C)C)C1=O)c1ccccc1. The number of carbonyl (C=O) groups is 2. The maximum absolute atomic E-state index is 13.5. The lowest BCUT2D eigenvalue weighted by molar-refractivity contribution is -0.133. The first-order chi connectivity index (χ1) is 17.0. The van der Waals surface area contributed by atoms with Gasteiger partial charge in [-0.2, -0.15) is 0 Å². The number of amides is 2. The minimum atomic E-state index is -0.433. The van der Waals surface area contributed by atoms with Crippen LogP contribution in [0.1, 0.15) is 63.5 Å². The van der Waals surface area contributed by atoms with Crippen LogP contribution in [-0.4, -0.2) is 48.6 Å². The fourth-order valence-electron chi connectivity index (χ4n) is 4.57. The lowest BCUT2D eigenvalue weighted by Crippen LogP contribution is -2.49. The highest BCUT2D eigenvalue weighted by Crippen LogP contribution is 2.23. The second-order valence-electron chi connectivity index (χ2n) is 9.92. The van der Waals surface area contributed by atoms with Crippen molar-refractivity contribution in [3.05, 3.63) is 71.8 Å². The first kappa shape index (κ1) is 26.7. The molecule has 0 aliphatic carbocycles. The average Bonchev–Trinajstić information content (AvgIpc) is 3.03. The first-order valence-corrected chi connectivity index (χ1v) is 13.0. The van der Waals surface area contributed by atoms with E-state index in [1.54, 1.807) is 0 Å². The molecular formula is C29H41N3O3. The lowest BCUT2D eigenvalue weighted by atomic mass is 9.95. The molecule has 3 rings (SSSR count). The van der Waals surface area contributed by atoms with Crippen molar-refractivity contribution in [3.8, 4) is 0 Å². The summed E-state index contributed by atoms with van der Waals surface area (Å²) in [5, 5.41) is 6.44. The number of hydrogen-bond acceptors (Lipinski definition) is 4. The van der Waals surface area contributed by atoms with Gasteiger partial charge in [-0.05, 0) is 42.7 Å². The third kappa shape index (κ3) is 8.70. The third-order valence-electron chi connectivity index (χ3n) is 6.74. The molecule has 6 nitrogen and oxygen atoms in total. The van der Waals surface area contributed by atoms with E-state index in [0.717, 1.165) is 37.8 Å². The Morgan fingerprint density at radius 2 is 1.80 bits per heavy atom. The minimum Gasteiger partial charge on any atom is -0.445 e. The van der Waals surface area contributed by atoms with Gasteiger partial charge in [-0.15, -0.1) is 0 Å². The van der Waals surface area contributed by atoms with E-state index in [9.17, 15) is 9.59 Å². The van der Waals surface area contributed by atoms with Gasteiger partial charge < -0.3 is 20.3 Å². The Bertz CT molecular complexity index is 904. The smallest absolute Gasteiger partial charge is 0.407 e. The monoisotopic (exact) mass is 479 g/mol. The molecule has 0 unspecified atom stereocenters. The summed E-state index contributed by atoms with van der Waals surface area (Å²) in [5.41, 5.74) is 2.23. The molecule has 3 atom stereocenters. The summed E-state index contributed by atoms with van der Waals surface area (Å²) < 4.78 is 5.36. The van der Waals surface area contributed by atoms with Crippen LogP contribution in [0.3, 0.4) is 0 Å². The maximum atomic E-state index is 13.5. The van der Waals surface area contributed by atoms with E-state index in [2.05, 4.69) is 55.7 Å². The van der Waals surface area contributed by atoms with Crippen molar-refractivity contribution in [1.29, 1.82) is 0 Å². The number of ether oxygens (including phenoxy) is 1. The highest BCUT2D eigenvalue weighted by molar-refractivity contribution is 5.82. The summed E-state index contributed by atoms with van der Waals surface area (Å²) in [7, 11) is 0. The van der Waals surface area contributed by atoms with Crippen molar-refractivity contribution in [2.45, 2.75) is 71.1 Å².